The number of aromatic nitrogens is 3. The zero-order valence-electron chi connectivity index (χ0n) is 10.8. The van der Waals surface area contributed by atoms with E-state index in [-0.39, 0.29) is 5.91 Å². The molecule has 0 saturated carbocycles. The van der Waals surface area contributed by atoms with Crippen molar-refractivity contribution in [1.82, 2.24) is 20.3 Å². The lowest BCUT2D eigenvalue weighted by atomic mass is 10.1. The highest BCUT2D eigenvalue weighted by atomic mass is 16.1. The van der Waals surface area contributed by atoms with E-state index in [1.807, 2.05) is 13.0 Å². The lowest BCUT2D eigenvalue weighted by Crippen LogP contribution is -2.24. The highest BCUT2D eigenvalue weighted by Gasteiger charge is 2.08. The molecule has 0 bridgehead atoms. The molecule has 2 rings (SSSR count). The second kappa shape index (κ2) is 5.90. The molecule has 19 heavy (non-hydrogen) atoms. The smallest absolute Gasteiger partial charge is 0.271 e. The molecular weight excluding hydrogens is 242 g/mol. The maximum Gasteiger partial charge on any atom is 0.271 e. The Kier molecular flexibility index (Phi) is 4.02. The number of pyridine rings is 1. The second-order valence-corrected chi connectivity index (χ2v) is 4.02. The van der Waals surface area contributed by atoms with Crippen molar-refractivity contribution in [1.29, 1.82) is 0 Å². The normalized spacial score (nSPS) is 10.0. The van der Waals surface area contributed by atoms with Crippen molar-refractivity contribution in [2.24, 2.45) is 0 Å². The number of carbonyl (C=O) groups excluding carboxylic acids is 1. The van der Waals surface area contributed by atoms with E-state index in [0.717, 1.165) is 11.1 Å². The van der Waals surface area contributed by atoms with Gasteiger partial charge in [0.05, 0.1) is 12.4 Å². The highest BCUT2D eigenvalue weighted by molar-refractivity contribution is 5.91. The molecule has 0 aromatic carbocycles. The molecule has 0 atom stereocenters. The Balaban J connectivity index is 1.99. The van der Waals surface area contributed by atoms with E-state index in [1.54, 1.807) is 19.4 Å². The van der Waals surface area contributed by atoms with Crippen LogP contribution in [0.4, 0.5) is 5.82 Å². The molecule has 6 heteroatoms. The van der Waals surface area contributed by atoms with Crippen LogP contribution in [-0.2, 0) is 6.54 Å². The molecule has 0 aliphatic carbocycles. The van der Waals surface area contributed by atoms with E-state index >= 15 is 0 Å². The zero-order valence-corrected chi connectivity index (χ0v) is 10.8. The summed E-state index contributed by atoms with van der Waals surface area (Å²) in [6.45, 7) is 2.40. The first-order valence-electron chi connectivity index (χ1n) is 5.88. The molecule has 2 N–H and O–H groups in total. The van der Waals surface area contributed by atoms with Crippen LogP contribution < -0.4 is 10.6 Å². The molecule has 0 aliphatic heterocycles. The van der Waals surface area contributed by atoms with E-state index in [0.29, 0.717) is 18.1 Å². The van der Waals surface area contributed by atoms with E-state index in [4.69, 9.17) is 0 Å². The highest BCUT2D eigenvalue weighted by Crippen LogP contribution is 2.05. The van der Waals surface area contributed by atoms with Crippen LogP contribution in [0, 0.1) is 6.92 Å². The summed E-state index contributed by atoms with van der Waals surface area (Å²) in [5.41, 5.74) is 2.37. The third-order valence-corrected chi connectivity index (χ3v) is 2.72. The van der Waals surface area contributed by atoms with Gasteiger partial charge in [-0.1, -0.05) is 0 Å². The van der Waals surface area contributed by atoms with Crippen molar-refractivity contribution in [3.63, 3.8) is 0 Å². The topological polar surface area (TPSA) is 79.8 Å². The van der Waals surface area contributed by atoms with Gasteiger partial charge in [-0.25, -0.2) is 9.97 Å². The molecule has 0 fully saturated rings. The zero-order chi connectivity index (χ0) is 13.7. The van der Waals surface area contributed by atoms with Crippen LogP contribution in [0.1, 0.15) is 21.6 Å². The summed E-state index contributed by atoms with van der Waals surface area (Å²) in [5.74, 6) is 0.382. The van der Waals surface area contributed by atoms with Crippen LogP contribution in [0.5, 0.6) is 0 Å². The fraction of sp³-hybridized carbons (Fsp3) is 0.231. The van der Waals surface area contributed by atoms with Crippen LogP contribution in [0.25, 0.3) is 0 Å². The number of rotatable bonds is 4. The van der Waals surface area contributed by atoms with Crippen LogP contribution in [-0.4, -0.2) is 27.9 Å². The predicted molar refractivity (Wildman–Crippen MR) is 71.7 cm³/mol. The quantitative estimate of drug-likeness (QED) is 0.859. The van der Waals surface area contributed by atoms with Gasteiger partial charge < -0.3 is 10.6 Å². The summed E-state index contributed by atoms with van der Waals surface area (Å²) in [4.78, 5) is 24.0. The van der Waals surface area contributed by atoms with Crippen molar-refractivity contribution in [2.45, 2.75) is 13.5 Å². The second-order valence-electron chi connectivity index (χ2n) is 4.02. The first kappa shape index (κ1) is 12.9. The number of aryl methyl sites for hydroxylation is 1. The molecule has 2 aromatic rings. The summed E-state index contributed by atoms with van der Waals surface area (Å²) >= 11 is 0. The van der Waals surface area contributed by atoms with Gasteiger partial charge in [-0.2, -0.15) is 0 Å². The largest absolute Gasteiger partial charge is 0.372 e. The van der Waals surface area contributed by atoms with E-state index in [9.17, 15) is 4.79 Å². The lowest BCUT2D eigenvalue weighted by molar-refractivity contribution is 0.0945. The molecule has 6 nitrogen and oxygen atoms in total. The number of carbonyl (C=O) groups is 1. The summed E-state index contributed by atoms with van der Waals surface area (Å²) < 4.78 is 0. The Morgan fingerprint density at radius 2 is 2.11 bits per heavy atom. The van der Waals surface area contributed by atoms with Crippen molar-refractivity contribution >= 4 is 11.7 Å². The van der Waals surface area contributed by atoms with Crippen molar-refractivity contribution in [3.8, 4) is 0 Å². The molecule has 98 valence electrons. The van der Waals surface area contributed by atoms with Gasteiger partial charge >= 0.3 is 0 Å². The van der Waals surface area contributed by atoms with Crippen LogP contribution in [0.3, 0.4) is 0 Å². The van der Waals surface area contributed by atoms with Crippen LogP contribution >= 0.6 is 0 Å². The molecule has 1 amide bonds. The maximum absolute atomic E-state index is 11.9. The molecule has 0 unspecified atom stereocenters. The molecule has 0 spiro atoms. The third-order valence-electron chi connectivity index (χ3n) is 2.72. The molecule has 0 radical (unpaired) electrons. The number of amides is 1. The Hall–Kier alpha value is -2.50. The SMILES string of the molecule is CNc1cnc(C(=O)NCc2ccncc2C)cn1. The van der Waals surface area contributed by atoms with Crippen molar-refractivity contribution in [2.75, 3.05) is 12.4 Å². The predicted octanol–water partition coefficient (Wildman–Crippen LogP) is 1.15. The van der Waals surface area contributed by atoms with Gasteiger partial charge in [0.2, 0.25) is 0 Å². The molecular formula is C13H15N5O. The van der Waals surface area contributed by atoms with Crippen molar-refractivity contribution < 1.29 is 4.79 Å². The number of hydrogen-bond acceptors (Lipinski definition) is 5. The van der Waals surface area contributed by atoms with Gasteiger partial charge in [0, 0.05) is 26.0 Å². The Morgan fingerprint density at radius 1 is 1.26 bits per heavy atom. The van der Waals surface area contributed by atoms with Gasteiger partial charge in [0.15, 0.2) is 0 Å². The van der Waals surface area contributed by atoms with E-state index in [1.165, 1.54) is 12.4 Å². The van der Waals surface area contributed by atoms with Crippen LogP contribution in [0.2, 0.25) is 0 Å². The Bertz CT molecular complexity index is 568. The number of anilines is 1. The summed E-state index contributed by atoms with van der Waals surface area (Å²) in [6.07, 6.45) is 6.44. The van der Waals surface area contributed by atoms with Gasteiger partial charge in [0.1, 0.15) is 11.5 Å². The van der Waals surface area contributed by atoms with Crippen molar-refractivity contribution in [3.05, 3.63) is 47.7 Å². The van der Waals surface area contributed by atoms with E-state index in [2.05, 4.69) is 25.6 Å². The molecule has 2 aromatic heterocycles. The fourth-order valence-electron chi connectivity index (χ4n) is 1.54. The lowest BCUT2D eigenvalue weighted by Gasteiger charge is -2.07. The van der Waals surface area contributed by atoms with Crippen LogP contribution in [0.15, 0.2) is 30.9 Å². The summed E-state index contributed by atoms with van der Waals surface area (Å²) in [6, 6.07) is 1.88. The van der Waals surface area contributed by atoms with Gasteiger partial charge in [-0.15, -0.1) is 0 Å². The maximum atomic E-state index is 11.9. The fourth-order valence-corrected chi connectivity index (χ4v) is 1.54. The number of hydrogen-bond donors (Lipinski definition) is 2. The first-order chi connectivity index (χ1) is 9.20. The average molecular weight is 257 g/mol. The number of nitrogens with zero attached hydrogens (tertiary/aromatic N) is 3. The minimum Gasteiger partial charge on any atom is -0.372 e. The molecule has 0 aliphatic rings. The standard InChI is InChI=1S/C13H15N5O/c1-9-5-15-4-3-10(9)6-18-13(19)11-7-17-12(14-2)8-16-11/h3-5,7-8H,6H2,1-2H3,(H,14,17)(H,18,19). The Labute approximate surface area is 111 Å². The average Bonchev–Trinajstić information content (AvgIpc) is 2.46. The minimum atomic E-state index is -0.244. The van der Waals surface area contributed by atoms with E-state index < -0.39 is 0 Å². The van der Waals surface area contributed by atoms with Gasteiger partial charge in [0.25, 0.3) is 5.91 Å². The third kappa shape index (κ3) is 3.25. The molecule has 0 saturated heterocycles. The monoisotopic (exact) mass is 257 g/mol. The minimum absolute atomic E-state index is 0.244. The van der Waals surface area contributed by atoms with Gasteiger partial charge in [-0.05, 0) is 24.1 Å². The number of nitrogens with one attached hydrogen (secondary N) is 2. The Morgan fingerprint density at radius 3 is 2.74 bits per heavy atom. The summed E-state index contributed by atoms with van der Waals surface area (Å²) in [5, 5.41) is 5.65. The van der Waals surface area contributed by atoms with Gasteiger partial charge in [-0.3, -0.25) is 9.78 Å². The first-order valence-corrected chi connectivity index (χ1v) is 5.88. The summed E-state index contributed by atoms with van der Waals surface area (Å²) in [7, 11) is 1.75. The molecule has 2 heterocycles.